The molecule has 0 fully saturated rings. The fourth-order valence-corrected chi connectivity index (χ4v) is 2.41. The third-order valence-corrected chi connectivity index (χ3v) is 3.59. The highest BCUT2D eigenvalue weighted by Crippen LogP contribution is 2.27. The molecule has 0 aliphatic rings. The first-order valence-electron chi connectivity index (χ1n) is 7.35. The maximum atomic E-state index is 9.70. The lowest BCUT2D eigenvalue weighted by Gasteiger charge is -2.06. The molecule has 6 nitrogen and oxygen atoms in total. The van der Waals surface area contributed by atoms with Crippen molar-refractivity contribution < 1.29 is 9.84 Å². The number of phenols is 1. The predicted molar refractivity (Wildman–Crippen MR) is 95.0 cm³/mol. The average molecular weight is 343 g/mol. The molecular formula is C17H15ClN4O2. The minimum atomic E-state index is 0.0940. The second kappa shape index (κ2) is 7.14. The first-order valence-corrected chi connectivity index (χ1v) is 7.72. The van der Waals surface area contributed by atoms with E-state index in [0.29, 0.717) is 23.3 Å². The van der Waals surface area contributed by atoms with Gasteiger partial charge in [-0.15, -0.1) is 10.2 Å². The van der Waals surface area contributed by atoms with E-state index in [1.807, 2.05) is 31.2 Å². The van der Waals surface area contributed by atoms with Crippen LogP contribution >= 0.6 is 11.6 Å². The Bertz CT molecular complexity index is 899. The highest BCUT2D eigenvalue weighted by molar-refractivity contribution is 6.34. The Morgan fingerprint density at radius 2 is 2.00 bits per heavy atom. The van der Waals surface area contributed by atoms with E-state index < -0.39 is 0 Å². The van der Waals surface area contributed by atoms with Gasteiger partial charge >= 0.3 is 0 Å². The van der Waals surface area contributed by atoms with Gasteiger partial charge in [0.05, 0.1) is 12.8 Å². The normalized spacial score (nSPS) is 11.1. The van der Waals surface area contributed by atoms with Crippen LogP contribution in [-0.4, -0.2) is 28.1 Å². The molecule has 0 saturated carbocycles. The van der Waals surface area contributed by atoms with Crippen LogP contribution in [0.2, 0.25) is 5.15 Å². The van der Waals surface area contributed by atoms with Gasteiger partial charge in [0.2, 0.25) is 0 Å². The Hall–Kier alpha value is -2.86. The van der Waals surface area contributed by atoms with Crippen molar-refractivity contribution in [1.29, 1.82) is 0 Å². The van der Waals surface area contributed by atoms with Crippen LogP contribution < -0.4 is 10.2 Å². The number of anilines is 1. The molecule has 0 bridgehead atoms. The molecule has 0 saturated heterocycles. The van der Waals surface area contributed by atoms with E-state index in [1.54, 1.807) is 24.4 Å². The maximum Gasteiger partial charge on any atom is 0.176 e. The topological polar surface area (TPSA) is 79.6 Å². The number of benzene rings is 2. The summed E-state index contributed by atoms with van der Waals surface area (Å²) in [4.78, 5) is 0. The number of fused-ring (bicyclic) bond motifs is 1. The molecule has 1 heterocycles. The van der Waals surface area contributed by atoms with Crippen molar-refractivity contribution in [2.24, 2.45) is 5.10 Å². The maximum absolute atomic E-state index is 9.70. The number of hydrogen-bond donors (Lipinski definition) is 2. The number of halogens is 1. The largest absolute Gasteiger partial charge is 0.504 e. The van der Waals surface area contributed by atoms with Gasteiger partial charge in [-0.1, -0.05) is 35.9 Å². The zero-order valence-electron chi connectivity index (χ0n) is 12.9. The van der Waals surface area contributed by atoms with Crippen molar-refractivity contribution in [1.82, 2.24) is 10.2 Å². The van der Waals surface area contributed by atoms with Gasteiger partial charge in [-0.05, 0) is 30.7 Å². The van der Waals surface area contributed by atoms with Gasteiger partial charge < -0.3 is 9.84 Å². The molecule has 24 heavy (non-hydrogen) atoms. The first kappa shape index (κ1) is 16.0. The summed E-state index contributed by atoms with van der Waals surface area (Å²) in [6.07, 6.45) is 1.60. The van der Waals surface area contributed by atoms with E-state index in [9.17, 15) is 5.11 Å². The zero-order valence-corrected chi connectivity index (χ0v) is 13.7. The van der Waals surface area contributed by atoms with Gasteiger partial charge in [0, 0.05) is 10.8 Å². The summed E-state index contributed by atoms with van der Waals surface area (Å²) in [5.74, 6) is 1.02. The van der Waals surface area contributed by atoms with Crippen LogP contribution in [0.3, 0.4) is 0 Å². The smallest absolute Gasteiger partial charge is 0.176 e. The molecule has 2 aromatic carbocycles. The van der Waals surface area contributed by atoms with Crippen LogP contribution in [0.1, 0.15) is 12.5 Å². The van der Waals surface area contributed by atoms with E-state index in [4.69, 9.17) is 16.3 Å². The van der Waals surface area contributed by atoms with E-state index >= 15 is 0 Å². The Labute approximate surface area is 143 Å². The third kappa shape index (κ3) is 3.38. The zero-order chi connectivity index (χ0) is 16.9. The van der Waals surface area contributed by atoms with E-state index in [2.05, 4.69) is 20.7 Å². The second-order valence-electron chi connectivity index (χ2n) is 4.92. The van der Waals surface area contributed by atoms with Crippen molar-refractivity contribution in [3.05, 3.63) is 53.2 Å². The Morgan fingerprint density at radius 3 is 2.79 bits per heavy atom. The van der Waals surface area contributed by atoms with Gasteiger partial charge in [-0.3, -0.25) is 5.43 Å². The monoisotopic (exact) mass is 342 g/mol. The van der Waals surface area contributed by atoms with Crippen LogP contribution in [0.5, 0.6) is 11.5 Å². The second-order valence-corrected chi connectivity index (χ2v) is 5.27. The number of rotatable bonds is 5. The standard InChI is InChI=1S/C17H15ClN4O2/c1-2-24-15-9-11(7-8-14(15)23)10-19-21-17-13-6-4-3-5-12(13)16(18)20-22-17/h3-10,23H,2H2,1H3,(H,21,22). The Morgan fingerprint density at radius 1 is 1.21 bits per heavy atom. The molecule has 3 aromatic rings. The summed E-state index contributed by atoms with van der Waals surface area (Å²) in [6.45, 7) is 2.32. The number of nitrogens with zero attached hydrogens (tertiary/aromatic N) is 3. The quantitative estimate of drug-likeness (QED) is 0.544. The van der Waals surface area contributed by atoms with Gasteiger partial charge in [-0.25, -0.2) is 0 Å². The summed E-state index contributed by atoms with van der Waals surface area (Å²) >= 11 is 6.04. The summed E-state index contributed by atoms with van der Waals surface area (Å²) in [7, 11) is 0. The number of aromatic hydroxyl groups is 1. The van der Waals surface area contributed by atoms with Crippen molar-refractivity contribution in [3.63, 3.8) is 0 Å². The minimum absolute atomic E-state index is 0.0940. The summed E-state index contributed by atoms with van der Waals surface area (Å²) in [5.41, 5.74) is 3.64. The van der Waals surface area contributed by atoms with Crippen molar-refractivity contribution in [2.75, 3.05) is 12.0 Å². The Balaban J connectivity index is 1.82. The molecule has 0 spiro atoms. The molecule has 0 aliphatic heterocycles. The van der Waals surface area contributed by atoms with E-state index in [1.165, 1.54) is 0 Å². The lowest BCUT2D eigenvalue weighted by Crippen LogP contribution is -1.98. The van der Waals surface area contributed by atoms with Crippen molar-refractivity contribution in [2.45, 2.75) is 6.92 Å². The van der Waals surface area contributed by atoms with Crippen LogP contribution in [-0.2, 0) is 0 Å². The van der Waals surface area contributed by atoms with Crippen LogP contribution in [0.4, 0.5) is 5.82 Å². The van der Waals surface area contributed by atoms with Gasteiger partial charge in [0.25, 0.3) is 0 Å². The number of phenolic OH excluding ortho intramolecular Hbond substituents is 1. The van der Waals surface area contributed by atoms with Crippen LogP contribution in [0.25, 0.3) is 10.8 Å². The molecule has 122 valence electrons. The number of aromatic nitrogens is 2. The van der Waals surface area contributed by atoms with E-state index in [0.717, 1.165) is 16.3 Å². The molecule has 0 atom stereocenters. The SMILES string of the molecule is CCOc1cc(C=NNc2nnc(Cl)c3ccccc23)ccc1O. The molecule has 0 aliphatic carbocycles. The Kier molecular flexibility index (Phi) is 4.77. The molecule has 2 N–H and O–H groups in total. The van der Waals surface area contributed by atoms with E-state index in [-0.39, 0.29) is 5.75 Å². The van der Waals surface area contributed by atoms with Crippen LogP contribution in [0, 0.1) is 0 Å². The summed E-state index contributed by atoms with van der Waals surface area (Å²) < 4.78 is 5.34. The average Bonchev–Trinajstić information content (AvgIpc) is 2.60. The van der Waals surface area contributed by atoms with Gasteiger partial charge in [0.1, 0.15) is 0 Å². The fraction of sp³-hybridized carbons (Fsp3) is 0.118. The number of ether oxygens (including phenoxy) is 1. The number of hydrazone groups is 1. The highest BCUT2D eigenvalue weighted by Gasteiger charge is 2.06. The predicted octanol–water partition coefficient (Wildman–Crippen LogP) is 3.83. The minimum Gasteiger partial charge on any atom is -0.504 e. The fourth-order valence-electron chi connectivity index (χ4n) is 2.20. The first-order chi connectivity index (χ1) is 11.7. The lowest BCUT2D eigenvalue weighted by atomic mass is 10.2. The van der Waals surface area contributed by atoms with Gasteiger partial charge in [-0.2, -0.15) is 5.10 Å². The molecule has 0 amide bonds. The van der Waals surface area contributed by atoms with Crippen LogP contribution in [0.15, 0.2) is 47.6 Å². The van der Waals surface area contributed by atoms with Crippen molar-refractivity contribution >= 4 is 34.4 Å². The molecule has 7 heteroatoms. The molecule has 3 rings (SSSR count). The van der Waals surface area contributed by atoms with Crippen molar-refractivity contribution in [3.8, 4) is 11.5 Å². The molecule has 0 radical (unpaired) electrons. The molecule has 1 aromatic heterocycles. The summed E-state index contributed by atoms with van der Waals surface area (Å²) in [5, 5.41) is 23.8. The lowest BCUT2D eigenvalue weighted by molar-refractivity contribution is 0.318. The number of hydrogen-bond acceptors (Lipinski definition) is 6. The molecule has 0 unspecified atom stereocenters. The third-order valence-electron chi connectivity index (χ3n) is 3.31. The highest BCUT2D eigenvalue weighted by atomic mass is 35.5. The summed E-state index contributed by atoms with van der Waals surface area (Å²) in [6, 6.07) is 12.5. The number of nitrogens with one attached hydrogen (secondary N) is 1. The van der Waals surface area contributed by atoms with Gasteiger partial charge in [0.15, 0.2) is 22.5 Å². The molecular weight excluding hydrogens is 328 g/mol.